The molecule has 0 saturated heterocycles. The zero-order valence-electron chi connectivity index (χ0n) is 11.1. The van der Waals surface area contributed by atoms with Crippen LogP contribution < -0.4 is 0 Å². The monoisotopic (exact) mass is 276 g/mol. The first-order valence-electron chi connectivity index (χ1n) is 6.01. The van der Waals surface area contributed by atoms with Gasteiger partial charge in [0.15, 0.2) is 6.61 Å². The molecule has 104 valence electrons. The SMILES string of the molecule is Cc1cc(C(=O)OCC(=O)c2ccccc2F)c(C)o1. The number of hydrogen-bond donors (Lipinski definition) is 0. The van der Waals surface area contributed by atoms with Crippen LogP contribution in [0.1, 0.15) is 32.2 Å². The zero-order valence-corrected chi connectivity index (χ0v) is 11.1. The second-order valence-electron chi connectivity index (χ2n) is 4.31. The van der Waals surface area contributed by atoms with Crippen molar-refractivity contribution in [2.75, 3.05) is 6.61 Å². The van der Waals surface area contributed by atoms with Crippen LogP contribution in [0.15, 0.2) is 34.7 Å². The maximum atomic E-state index is 13.4. The lowest BCUT2D eigenvalue weighted by Crippen LogP contribution is -2.15. The van der Waals surface area contributed by atoms with E-state index in [2.05, 4.69) is 0 Å². The Morgan fingerprint density at radius 2 is 1.90 bits per heavy atom. The van der Waals surface area contributed by atoms with Crippen molar-refractivity contribution in [1.29, 1.82) is 0 Å². The van der Waals surface area contributed by atoms with Crippen LogP contribution in [0.4, 0.5) is 4.39 Å². The molecule has 0 spiro atoms. The summed E-state index contributed by atoms with van der Waals surface area (Å²) in [6, 6.07) is 7.08. The minimum absolute atomic E-state index is 0.0969. The number of Topliss-reactive ketones (excluding diaryl/α,β-unsaturated/α-hetero) is 1. The van der Waals surface area contributed by atoms with Crippen LogP contribution in [0.3, 0.4) is 0 Å². The van der Waals surface area contributed by atoms with Crippen molar-refractivity contribution in [2.24, 2.45) is 0 Å². The predicted molar refractivity (Wildman–Crippen MR) is 69.2 cm³/mol. The summed E-state index contributed by atoms with van der Waals surface area (Å²) in [7, 11) is 0. The van der Waals surface area contributed by atoms with Crippen LogP contribution in [0, 0.1) is 19.7 Å². The molecule has 0 bridgehead atoms. The Morgan fingerprint density at radius 1 is 1.20 bits per heavy atom. The maximum Gasteiger partial charge on any atom is 0.342 e. The Kier molecular flexibility index (Phi) is 3.98. The van der Waals surface area contributed by atoms with Crippen molar-refractivity contribution in [3.63, 3.8) is 0 Å². The first kappa shape index (κ1) is 14.0. The van der Waals surface area contributed by atoms with Crippen LogP contribution >= 0.6 is 0 Å². The lowest BCUT2D eigenvalue weighted by molar-refractivity contribution is 0.0472. The highest BCUT2D eigenvalue weighted by molar-refractivity contribution is 5.99. The molecule has 5 heteroatoms. The van der Waals surface area contributed by atoms with Gasteiger partial charge in [0.1, 0.15) is 22.9 Å². The molecular formula is C15H13FO4. The molecule has 1 heterocycles. The van der Waals surface area contributed by atoms with Gasteiger partial charge < -0.3 is 9.15 Å². The third kappa shape index (κ3) is 2.93. The molecule has 0 amide bonds. The van der Waals surface area contributed by atoms with E-state index in [0.29, 0.717) is 11.5 Å². The third-order valence-corrected chi connectivity index (χ3v) is 2.77. The summed E-state index contributed by atoms with van der Waals surface area (Å²) in [6.07, 6.45) is 0. The first-order chi connectivity index (χ1) is 9.49. The van der Waals surface area contributed by atoms with Gasteiger partial charge in [-0.2, -0.15) is 0 Å². The van der Waals surface area contributed by atoms with Gasteiger partial charge in [0.25, 0.3) is 0 Å². The molecule has 2 rings (SSSR count). The quantitative estimate of drug-likeness (QED) is 0.636. The summed E-state index contributed by atoms with van der Waals surface area (Å²) < 4.78 is 23.5. The van der Waals surface area contributed by atoms with Gasteiger partial charge in [0.2, 0.25) is 5.78 Å². The summed E-state index contributed by atoms with van der Waals surface area (Å²) in [5.74, 6) is -0.886. The smallest absolute Gasteiger partial charge is 0.342 e. The molecule has 0 fully saturated rings. The Labute approximate surface area is 115 Å². The van der Waals surface area contributed by atoms with Gasteiger partial charge in [-0.15, -0.1) is 0 Å². The second kappa shape index (κ2) is 5.69. The van der Waals surface area contributed by atoms with E-state index in [0.717, 1.165) is 0 Å². The van der Waals surface area contributed by atoms with Crippen LogP contribution in [-0.4, -0.2) is 18.4 Å². The number of rotatable bonds is 4. The number of ketones is 1. The van der Waals surface area contributed by atoms with E-state index in [4.69, 9.17) is 9.15 Å². The Morgan fingerprint density at radius 3 is 2.50 bits per heavy atom. The number of hydrogen-bond acceptors (Lipinski definition) is 4. The summed E-state index contributed by atoms with van der Waals surface area (Å²) in [5.41, 5.74) is 0.171. The van der Waals surface area contributed by atoms with E-state index in [9.17, 15) is 14.0 Å². The van der Waals surface area contributed by atoms with Crippen LogP contribution in [0.2, 0.25) is 0 Å². The summed E-state index contributed by atoms with van der Waals surface area (Å²) in [5, 5.41) is 0. The van der Waals surface area contributed by atoms with Gasteiger partial charge in [-0.1, -0.05) is 12.1 Å². The molecule has 0 radical (unpaired) electrons. The first-order valence-corrected chi connectivity index (χ1v) is 6.01. The van der Waals surface area contributed by atoms with E-state index in [1.165, 1.54) is 24.3 Å². The predicted octanol–water partition coefficient (Wildman–Crippen LogP) is 3.08. The molecule has 4 nitrogen and oxygen atoms in total. The molecule has 0 atom stereocenters. The van der Waals surface area contributed by atoms with Gasteiger partial charge in [-0.25, -0.2) is 9.18 Å². The average molecular weight is 276 g/mol. The Hall–Kier alpha value is -2.43. The van der Waals surface area contributed by atoms with Crippen molar-refractivity contribution in [2.45, 2.75) is 13.8 Å². The number of carbonyl (C=O) groups is 2. The fraction of sp³-hybridized carbons (Fsp3) is 0.200. The average Bonchev–Trinajstić information content (AvgIpc) is 2.75. The summed E-state index contributed by atoms with van der Waals surface area (Å²) in [6.45, 7) is 2.82. The number of aryl methyl sites for hydroxylation is 2. The van der Waals surface area contributed by atoms with Crippen molar-refractivity contribution in [3.05, 3.63) is 58.8 Å². The molecule has 0 aliphatic rings. The number of halogens is 1. The summed E-state index contributed by atoms with van der Waals surface area (Å²) in [4.78, 5) is 23.5. The van der Waals surface area contributed by atoms with Gasteiger partial charge >= 0.3 is 5.97 Å². The number of benzene rings is 1. The number of furan rings is 1. The van der Waals surface area contributed by atoms with Crippen LogP contribution in [-0.2, 0) is 4.74 Å². The highest BCUT2D eigenvalue weighted by atomic mass is 19.1. The molecule has 20 heavy (non-hydrogen) atoms. The van der Waals surface area contributed by atoms with Gasteiger partial charge in [-0.3, -0.25) is 4.79 Å². The fourth-order valence-corrected chi connectivity index (χ4v) is 1.81. The Balaban J connectivity index is 2.02. The highest BCUT2D eigenvalue weighted by Gasteiger charge is 2.18. The lowest BCUT2D eigenvalue weighted by Gasteiger charge is -2.04. The molecule has 1 aromatic heterocycles. The van der Waals surface area contributed by atoms with E-state index >= 15 is 0 Å². The molecule has 0 aliphatic carbocycles. The lowest BCUT2D eigenvalue weighted by atomic mass is 10.1. The fourth-order valence-electron chi connectivity index (χ4n) is 1.81. The second-order valence-corrected chi connectivity index (χ2v) is 4.31. The minimum Gasteiger partial charge on any atom is -0.466 e. The van der Waals surface area contributed by atoms with E-state index in [-0.39, 0.29) is 11.1 Å². The van der Waals surface area contributed by atoms with Gasteiger partial charge in [0, 0.05) is 0 Å². The topological polar surface area (TPSA) is 56.5 Å². The standard InChI is InChI=1S/C15H13FO4/c1-9-7-12(10(2)20-9)15(18)19-8-14(17)11-5-3-4-6-13(11)16/h3-7H,8H2,1-2H3. The van der Waals surface area contributed by atoms with E-state index < -0.39 is 24.2 Å². The van der Waals surface area contributed by atoms with Crippen molar-refractivity contribution < 1.29 is 23.1 Å². The van der Waals surface area contributed by atoms with Gasteiger partial charge in [0.05, 0.1) is 5.56 Å². The molecule has 0 saturated carbocycles. The normalized spacial score (nSPS) is 10.3. The van der Waals surface area contributed by atoms with Crippen LogP contribution in [0.5, 0.6) is 0 Å². The highest BCUT2D eigenvalue weighted by Crippen LogP contribution is 2.15. The van der Waals surface area contributed by atoms with Gasteiger partial charge in [-0.05, 0) is 32.0 Å². The van der Waals surface area contributed by atoms with Crippen molar-refractivity contribution in [1.82, 2.24) is 0 Å². The molecule has 0 unspecified atom stereocenters. The number of ether oxygens (including phenoxy) is 1. The van der Waals surface area contributed by atoms with Crippen LogP contribution in [0.25, 0.3) is 0 Å². The molecule has 0 aliphatic heterocycles. The van der Waals surface area contributed by atoms with Crippen molar-refractivity contribution >= 4 is 11.8 Å². The maximum absolute atomic E-state index is 13.4. The largest absolute Gasteiger partial charge is 0.466 e. The zero-order chi connectivity index (χ0) is 14.7. The molecule has 2 aromatic rings. The van der Waals surface area contributed by atoms with E-state index in [1.54, 1.807) is 19.9 Å². The summed E-state index contributed by atoms with van der Waals surface area (Å²) >= 11 is 0. The third-order valence-electron chi connectivity index (χ3n) is 2.77. The number of esters is 1. The van der Waals surface area contributed by atoms with E-state index in [1.807, 2.05) is 0 Å². The van der Waals surface area contributed by atoms with Crippen molar-refractivity contribution in [3.8, 4) is 0 Å². The minimum atomic E-state index is -0.663. The molecule has 1 aromatic carbocycles. The Bertz CT molecular complexity index is 658. The molecule has 0 N–H and O–H groups in total. The number of carbonyl (C=O) groups excluding carboxylic acids is 2. The molecular weight excluding hydrogens is 263 g/mol.